The van der Waals surface area contributed by atoms with E-state index in [4.69, 9.17) is 10.5 Å². The molecule has 1 amide bonds. The quantitative estimate of drug-likeness (QED) is 0.581. The fraction of sp³-hybridized carbons (Fsp3) is 0.556. The summed E-state index contributed by atoms with van der Waals surface area (Å²) in [6.07, 6.45) is -2.06. The van der Waals surface area contributed by atoms with Crippen LogP contribution < -0.4 is 15.8 Å². The Balaban J connectivity index is 1.85. The van der Waals surface area contributed by atoms with Gasteiger partial charge in [0.1, 0.15) is 5.75 Å². The Kier molecular flexibility index (Phi) is 7.32. The number of likely N-dealkylation sites (tertiary alicyclic amines) is 1. The number of carbonyl (C=O) groups is 1. The topological polar surface area (TPSA) is 80.0 Å². The molecule has 1 saturated heterocycles. The van der Waals surface area contributed by atoms with Crippen molar-refractivity contribution >= 4 is 11.9 Å². The Morgan fingerprint density at radius 1 is 1.37 bits per heavy atom. The number of hydrogen-bond acceptors (Lipinski definition) is 3. The molecule has 2 rings (SSSR count). The minimum Gasteiger partial charge on any atom is -0.484 e. The number of piperidine rings is 1. The number of carbonyl (C=O) groups excluding carboxylic acids is 1. The van der Waals surface area contributed by atoms with Gasteiger partial charge in [-0.15, -0.1) is 0 Å². The number of nitrogens with one attached hydrogen (secondary N) is 1. The molecule has 0 bridgehead atoms. The number of halogens is 3. The molecule has 9 heteroatoms. The number of hydrogen-bond donors (Lipinski definition) is 2. The van der Waals surface area contributed by atoms with Gasteiger partial charge in [-0.3, -0.25) is 9.79 Å². The normalized spacial score (nSPS) is 18.3. The molecule has 3 N–H and O–H groups in total. The standard InChI is InChI=1S/C18H25F3N4O2/c1-23-17(25-8-2-3-14(11-25)9-16(22)26)24-10-13-4-6-15(7-5-13)27-12-18(19,20)21/h4-7,14H,2-3,8-12H2,1H3,(H2,22,26)(H,23,24). The van der Waals surface area contributed by atoms with Gasteiger partial charge in [0.25, 0.3) is 0 Å². The molecule has 0 saturated carbocycles. The monoisotopic (exact) mass is 386 g/mol. The van der Waals surface area contributed by atoms with Gasteiger partial charge in [0.2, 0.25) is 5.91 Å². The van der Waals surface area contributed by atoms with Gasteiger partial charge in [0, 0.05) is 33.1 Å². The van der Waals surface area contributed by atoms with Crippen molar-refractivity contribution in [3.05, 3.63) is 29.8 Å². The lowest BCUT2D eigenvalue weighted by Crippen LogP contribution is -2.46. The average Bonchev–Trinajstić information content (AvgIpc) is 2.60. The van der Waals surface area contributed by atoms with Crippen molar-refractivity contribution in [3.63, 3.8) is 0 Å². The van der Waals surface area contributed by atoms with Crippen LogP contribution in [0.1, 0.15) is 24.8 Å². The molecule has 1 aromatic rings. The van der Waals surface area contributed by atoms with E-state index in [0.717, 1.165) is 30.9 Å². The second kappa shape index (κ2) is 9.48. The first-order valence-corrected chi connectivity index (χ1v) is 8.79. The molecule has 1 aliphatic rings. The van der Waals surface area contributed by atoms with Crippen LogP contribution in [0.3, 0.4) is 0 Å². The molecule has 1 aliphatic heterocycles. The van der Waals surface area contributed by atoms with Crippen molar-refractivity contribution < 1.29 is 22.7 Å². The molecule has 1 fully saturated rings. The highest BCUT2D eigenvalue weighted by molar-refractivity contribution is 5.80. The lowest BCUT2D eigenvalue weighted by molar-refractivity contribution is -0.153. The first-order valence-electron chi connectivity index (χ1n) is 8.79. The molecule has 27 heavy (non-hydrogen) atoms. The highest BCUT2D eigenvalue weighted by Crippen LogP contribution is 2.20. The lowest BCUT2D eigenvalue weighted by atomic mass is 9.95. The van der Waals surface area contributed by atoms with Gasteiger partial charge < -0.3 is 20.7 Å². The summed E-state index contributed by atoms with van der Waals surface area (Å²) in [5.41, 5.74) is 6.18. The molecule has 0 aliphatic carbocycles. The smallest absolute Gasteiger partial charge is 0.422 e. The van der Waals surface area contributed by atoms with E-state index in [2.05, 4.69) is 15.2 Å². The third-order valence-electron chi connectivity index (χ3n) is 4.30. The van der Waals surface area contributed by atoms with E-state index in [-0.39, 0.29) is 17.6 Å². The average molecular weight is 386 g/mol. The number of nitrogens with two attached hydrogens (primary N) is 1. The maximum absolute atomic E-state index is 12.2. The van der Waals surface area contributed by atoms with E-state index >= 15 is 0 Å². The number of benzene rings is 1. The molecule has 0 radical (unpaired) electrons. The number of nitrogens with zero attached hydrogens (tertiary/aromatic N) is 2. The summed E-state index contributed by atoms with van der Waals surface area (Å²) in [6, 6.07) is 6.43. The third kappa shape index (κ3) is 7.36. The summed E-state index contributed by atoms with van der Waals surface area (Å²) < 4.78 is 41.2. The second-order valence-electron chi connectivity index (χ2n) is 6.57. The van der Waals surface area contributed by atoms with Gasteiger partial charge in [0.15, 0.2) is 12.6 Å². The second-order valence-corrected chi connectivity index (χ2v) is 6.57. The van der Waals surface area contributed by atoms with Crippen LogP contribution in [0.5, 0.6) is 5.75 Å². The molecule has 150 valence electrons. The van der Waals surface area contributed by atoms with Gasteiger partial charge in [0.05, 0.1) is 0 Å². The van der Waals surface area contributed by atoms with E-state index in [1.807, 2.05) is 0 Å². The van der Waals surface area contributed by atoms with Gasteiger partial charge >= 0.3 is 6.18 Å². The minimum absolute atomic E-state index is 0.172. The summed E-state index contributed by atoms with van der Waals surface area (Å²) in [5, 5.41) is 3.24. The van der Waals surface area contributed by atoms with Crippen LogP contribution in [0.2, 0.25) is 0 Å². The molecule has 1 atom stereocenters. The molecular formula is C18H25F3N4O2. The maximum atomic E-state index is 12.2. The van der Waals surface area contributed by atoms with E-state index in [1.165, 1.54) is 12.1 Å². The molecule has 1 unspecified atom stereocenters. The SMILES string of the molecule is CN=C(NCc1ccc(OCC(F)(F)F)cc1)N1CCCC(CC(N)=O)C1. The predicted molar refractivity (Wildman–Crippen MR) is 96.3 cm³/mol. The summed E-state index contributed by atoms with van der Waals surface area (Å²) in [4.78, 5) is 17.5. The van der Waals surface area contributed by atoms with E-state index in [0.29, 0.717) is 19.5 Å². The predicted octanol–water partition coefficient (Wildman–Crippen LogP) is 2.29. The van der Waals surface area contributed by atoms with Crippen LogP contribution in [0.25, 0.3) is 0 Å². The zero-order valence-corrected chi connectivity index (χ0v) is 15.3. The van der Waals surface area contributed by atoms with Crippen molar-refractivity contribution in [3.8, 4) is 5.75 Å². The molecular weight excluding hydrogens is 361 g/mol. The van der Waals surface area contributed by atoms with E-state index in [9.17, 15) is 18.0 Å². The van der Waals surface area contributed by atoms with Crippen molar-refractivity contribution in [2.45, 2.75) is 32.0 Å². The van der Waals surface area contributed by atoms with Crippen molar-refractivity contribution in [1.82, 2.24) is 10.2 Å². The third-order valence-corrected chi connectivity index (χ3v) is 4.30. The van der Waals surface area contributed by atoms with E-state index < -0.39 is 12.8 Å². The van der Waals surface area contributed by atoms with Gasteiger partial charge in [-0.05, 0) is 36.5 Å². The van der Waals surface area contributed by atoms with Crippen LogP contribution in [0.15, 0.2) is 29.3 Å². The zero-order chi connectivity index (χ0) is 19.9. The van der Waals surface area contributed by atoms with Crippen molar-refractivity contribution in [2.24, 2.45) is 16.6 Å². The Bertz CT molecular complexity index is 647. The Hall–Kier alpha value is -2.45. The summed E-state index contributed by atoms with van der Waals surface area (Å²) in [7, 11) is 1.69. The Morgan fingerprint density at radius 3 is 2.67 bits per heavy atom. The number of aliphatic imine (C=N–C) groups is 1. The highest BCUT2D eigenvalue weighted by atomic mass is 19.4. The number of amides is 1. The summed E-state index contributed by atoms with van der Waals surface area (Å²) in [5.74, 6) is 0.824. The van der Waals surface area contributed by atoms with Crippen LogP contribution >= 0.6 is 0 Å². The Labute approximate surface area is 156 Å². The molecule has 0 aromatic heterocycles. The van der Waals surface area contributed by atoms with E-state index in [1.54, 1.807) is 19.2 Å². The number of alkyl halides is 3. The molecule has 0 spiro atoms. The largest absolute Gasteiger partial charge is 0.484 e. The number of ether oxygens (including phenoxy) is 1. The van der Waals surface area contributed by atoms with Crippen LogP contribution in [-0.2, 0) is 11.3 Å². The lowest BCUT2D eigenvalue weighted by Gasteiger charge is -2.34. The Morgan fingerprint density at radius 2 is 2.07 bits per heavy atom. The number of guanidine groups is 1. The van der Waals surface area contributed by atoms with Crippen molar-refractivity contribution in [2.75, 3.05) is 26.7 Å². The first-order chi connectivity index (χ1) is 12.8. The maximum Gasteiger partial charge on any atom is 0.422 e. The van der Waals surface area contributed by atoms with Crippen LogP contribution in [0, 0.1) is 5.92 Å². The fourth-order valence-electron chi connectivity index (χ4n) is 3.09. The van der Waals surface area contributed by atoms with Gasteiger partial charge in [-0.25, -0.2) is 0 Å². The molecule has 6 nitrogen and oxygen atoms in total. The summed E-state index contributed by atoms with van der Waals surface area (Å²) in [6.45, 7) is 0.730. The summed E-state index contributed by atoms with van der Waals surface area (Å²) >= 11 is 0. The molecule has 1 aromatic carbocycles. The highest BCUT2D eigenvalue weighted by Gasteiger charge is 2.28. The van der Waals surface area contributed by atoms with Gasteiger partial charge in [-0.2, -0.15) is 13.2 Å². The van der Waals surface area contributed by atoms with Gasteiger partial charge in [-0.1, -0.05) is 12.1 Å². The minimum atomic E-state index is -4.35. The number of primary amides is 1. The van der Waals surface area contributed by atoms with Crippen molar-refractivity contribution in [1.29, 1.82) is 0 Å². The zero-order valence-electron chi connectivity index (χ0n) is 15.3. The van der Waals surface area contributed by atoms with Crippen LogP contribution in [0.4, 0.5) is 13.2 Å². The molecule has 1 heterocycles. The fourth-order valence-corrected chi connectivity index (χ4v) is 3.09. The van der Waals surface area contributed by atoms with Crippen LogP contribution in [-0.4, -0.2) is 49.7 Å². The first kappa shape index (κ1) is 20.9. The number of rotatable bonds is 6.